The van der Waals surface area contributed by atoms with Crippen LogP contribution in [0.5, 0.6) is 5.75 Å². The number of carbonyl (C=O) groups excluding carboxylic acids is 1. The van der Waals surface area contributed by atoms with Crippen LogP contribution in [0.2, 0.25) is 0 Å². The van der Waals surface area contributed by atoms with E-state index in [4.69, 9.17) is 5.73 Å². The van der Waals surface area contributed by atoms with E-state index in [1.165, 1.54) is 6.07 Å². The fourth-order valence-electron chi connectivity index (χ4n) is 2.00. The Morgan fingerprint density at radius 2 is 1.90 bits per heavy atom. The van der Waals surface area contributed by atoms with Gasteiger partial charge in [-0.05, 0) is 41.8 Å². The van der Waals surface area contributed by atoms with Crippen molar-refractivity contribution in [1.82, 2.24) is 5.32 Å². The summed E-state index contributed by atoms with van der Waals surface area (Å²) in [6.45, 7) is 2.65. The standard InChI is InChI=1S/C16H18N2O2/c1-11-8-12(6-7-15(11)19)16(20)18-10-14-5-3-2-4-13(14)9-17/h2-8,19H,9-10,17H2,1H3,(H,18,20). The van der Waals surface area contributed by atoms with Gasteiger partial charge in [-0.2, -0.15) is 0 Å². The molecule has 2 aromatic rings. The first kappa shape index (κ1) is 14.1. The Morgan fingerprint density at radius 1 is 1.20 bits per heavy atom. The average Bonchev–Trinajstić information content (AvgIpc) is 2.47. The lowest BCUT2D eigenvalue weighted by Crippen LogP contribution is -2.23. The third-order valence-corrected chi connectivity index (χ3v) is 3.24. The lowest BCUT2D eigenvalue weighted by atomic mass is 10.1. The van der Waals surface area contributed by atoms with Crippen molar-refractivity contribution >= 4 is 5.91 Å². The Kier molecular flexibility index (Phi) is 4.38. The number of amides is 1. The molecule has 2 rings (SSSR count). The van der Waals surface area contributed by atoms with Gasteiger partial charge in [-0.15, -0.1) is 0 Å². The van der Waals surface area contributed by atoms with Gasteiger partial charge in [-0.3, -0.25) is 4.79 Å². The van der Waals surface area contributed by atoms with Crippen LogP contribution in [0, 0.1) is 6.92 Å². The zero-order valence-corrected chi connectivity index (χ0v) is 11.4. The lowest BCUT2D eigenvalue weighted by Gasteiger charge is -2.10. The van der Waals surface area contributed by atoms with Gasteiger partial charge in [0.1, 0.15) is 5.75 Å². The molecule has 2 aromatic carbocycles. The second-order valence-electron chi connectivity index (χ2n) is 4.66. The fraction of sp³-hybridized carbons (Fsp3) is 0.188. The van der Waals surface area contributed by atoms with Gasteiger partial charge in [0.2, 0.25) is 0 Å². The molecule has 0 saturated heterocycles. The summed E-state index contributed by atoms with van der Waals surface area (Å²) < 4.78 is 0. The summed E-state index contributed by atoms with van der Waals surface area (Å²) in [5.74, 6) is 0.0231. The van der Waals surface area contributed by atoms with E-state index in [2.05, 4.69) is 5.32 Å². The molecule has 0 spiro atoms. The number of carbonyl (C=O) groups is 1. The fourth-order valence-corrected chi connectivity index (χ4v) is 2.00. The van der Waals surface area contributed by atoms with Crippen LogP contribution in [-0.2, 0) is 13.1 Å². The molecule has 4 N–H and O–H groups in total. The van der Waals surface area contributed by atoms with Crippen LogP contribution in [0.25, 0.3) is 0 Å². The molecule has 0 radical (unpaired) electrons. The number of nitrogens with two attached hydrogens (primary N) is 1. The second-order valence-corrected chi connectivity index (χ2v) is 4.66. The zero-order chi connectivity index (χ0) is 14.5. The first-order valence-corrected chi connectivity index (χ1v) is 6.46. The first-order valence-electron chi connectivity index (χ1n) is 6.46. The largest absolute Gasteiger partial charge is 0.508 e. The number of phenols is 1. The van der Waals surface area contributed by atoms with E-state index in [1.807, 2.05) is 24.3 Å². The van der Waals surface area contributed by atoms with E-state index in [0.717, 1.165) is 11.1 Å². The minimum Gasteiger partial charge on any atom is -0.508 e. The maximum absolute atomic E-state index is 12.1. The van der Waals surface area contributed by atoms with Crippen molar-refractivity contribution in [2.45, 2.75) is 20.0 Å². The molecule has 0 saturated carbocycles. The Morgan fingerprint density at radius 3 is 2.55 bits per heavy atom. The Balaban J connectivity index is 2.06. The van der Waals surface area contributed by atoms with Gasteiger partial charge in [0.15, 0.2) is 0 Å². The monoisotopic (exact) mass is 270 g/mol. The van der Waals surface area contributed by atoms with Gasteiger partial charge in [0.05, 0.1) is 0 Å². The Hall–Kier alpha value is -2.33. The van der Waals surface area contributed by atoms with E-state index in [9.17, 15) is 9.90 Å². The summed E-state index contributed by atoms with van der Waals surface area (Å²) in [5.41, 5.74) is 8.91. The van der Waals surface area contributed by atoms with Crippen LogP contribution in [0.15, 0.2) is 42.5 Å². The Labute approximate surface area is 118 Å². The molecule has 0 unspecified atom stereocenters. The van der Waals surface area contributed by atoms with Crippen LogP contribution >= 0.6 is 0 Å². The van der Waals surface area contributed by atoms with Crippen molar-refractivity contribution in [3.05, 3.63) is 64.7 Å². The quantitative estimate of drug-likeness (QED) is 0.796. The molecule has 0 fully saturated rings. The highest BCUT2D eigenvalue weighted by Gasteiger charge is 2.08. The smallest absolute Gasteiger partial charge is 0.251 e. The van der Waals surface area contributed by atoms with Gasteiger partial charge < -0.3 is 16.2 Å². The van der Waals surface area contributed by atoms with E-state index < -0.39 is 0 Å². The highest BCUT2D eigenvalue weighted by Crippen LogP contribution is 2.17. The first-order chi connectivity index (χ1) is 9.61. The van der Waals surface area contributed by atoms with Crippen molar-refractivity contribution < 1.29 is 9.90 Å². The van der Waals surface area contributed by atoms with Gasteiger partial charge >= 0.3 is 0 Å². The van der Waals surface area contributed by atoms with E-state index in [1.54, 1.807) is 19.1 Å². The highest BCUT2D eigenvalue weighted by atomic mass is 16.3. The van der Waals surface area contributed by atoms with Crippen molar-refractivity contribution in [2.24, 2.45) is 5.73 Å². The molecule has 1 amide bonds. The summed E-state index contributed by atoms with van der Waals surface area (Å²) in [6.07, 6.45) is 0. The molecule has 0 aliphatic rings. The van der Waals surface area contributed by atoms with Crippen molar-refractivity contribution in [2.75, 3.05) is 0 Å². The second kappa shape index (κ2) is 6.21. The van der Waals surface area contributed by atoms with Crippen molar-refractivity contribution in [3.63, 3.8) is 0 Å². The molecular weight excluding hydrogens is 252 g/mol. The molecule has 0 aromatic heterocycles. The van der Waals surface area contributed by atoms with Crippen LogP contribution in [-0.4, -0.2) is 11.0 Å². The molecule has 20 heavy (non-hydrogen) atoms. The van der Waals surface area contributed by atoms with E-state index >= 15 is 0 Å². The minimum atomic E-state index is -0.167. The molecular formula is C16H18N2O2. The number of aromatic hydroxyl groups is 1. The number of nitrogens with one attached hydrogen (secondary N) is 1. The summed E-state index contributed by atoms with van der Waals surface area (Å²) >= 11 is 0. The SMILES string of the molecule is Cc1cc(C(=O)NCc2ccccc2CN)ccc1O. The third kappa shape index (κ3) is 3.16. The lowest BCUT2D eigenvalue weighted by molar-refractivity contribution is 0.0950. The summed E-state index contributed by atoms with van der Waals surface area (Å²) in [4.78, 5) is 12.1. The van der Waals surface area contributed by atoms with E-state index in [-0.39, 0.29) is 11.7 Å². The maximum Gasteiger partial charge on any atom is 0.251 e. The molecule has 0 aliphatic heterocycles. The van der Waals surface area contributed by atoms with Crippen LogP contribution in [0.3, 0.4) is 0 Å². The topological polar surface area (TPSA) is 75.4 Å². The summed E-state index contributed by atoms with van der Waals surface area (Å²) in [6, 6.07) is 12.5. The molecule has 0 heterocycles. The zero-order valence-electron chi connectivity index (χ0n) is 11.4. The van der Waals surface area contributed by atoms with Crippen molar-refractivity contribution in [1.29, 1.82) is 0 Å². The average molecular weight is 270 g/mol. The number of benzene rings is 2. The number of rotatable bonds is 4. The minimum absolute atomic E-state index is 0.167. The van der Waals surface area contributed by atoms with Gasteiger partial charge in [-0.25, -0.2) is 0 Å². The third-order valence-electron chi connectivity index (χ3n) is 3.24. The number of aryl methyl sites for hydroxylation is 1. The summed E-state index contributed by atoms with van der Waals surface area (Å²) in [7, 11) is 0. The summed E-state index contributed by atoms with van der Waals surface area (Å²) in [5, 5.41) is 12.3. The maximum atomic E-state index is 12.1. The molecule has 4 heteroatoms. The van der Waals surface area contributed by atoms with Gasteiger partial charge in [0, 0.05) is 18.7 Å². The number of phenolic OH excluding ortho intramolecular Hbond substituents is 1. The normalized spacial score (nSPS) is 10.3. The predicted molar refractivity (Wildman–Crippen MR) is 78.3 cm³/mol. The predicted octanol–water partition coefficient (Wildman–Crippen LogP) is 2.09. The van der Waals surface area contributed by atoms with Gasteiger partial charge in [-0.1, -0.05) is 24.3 Å². The molecule has 0 bridgehead atoms. The van der Waals surface area contributed by atoms with Crippen LogP contribution < -0.4 is 11.1 Å². The van der Waals surface area contributed by atoms with Gasteiger partial charge in [0.25, 0.3) is 5.91 Å². The Bertz CT molecular complexity index is 624. The molecule has 0 atom stereocenters. The van der Waals surface area contributed by atoms with Crippen LogP contribution in [0.4, 0.5) is 0 Å². The molecule has 4 nitrogen and oxygen atoms in total. The molecule has 0 aliphatic carbocycles. The van der Waals surface area contributed by atoms with E-state index in [0.29, 0.717) is 24.2 Å². The van der Waals surface area contributed by atoms with Crippen molar-refractivity contribution in [3.8, 4) is 5.75 Å². The highest BCUT2D eigenvalue weighted by molar-refractivity contribution is 5.94. The van der Waals surface area contributed by atoms with Crippen LogP contribution in [0.1, 0.15) is 27.0 Å². The number of hydrogen-bond donors (Lipinski definition) is 3. The molecule has 104 valence electrons. The number of hydrogen-bond acceptors (Lipinski definition) is 3.